The van der Waals surface area contributed by atoms with Crippen molar-refractivity contribution in [1.29, 1.82) is 0 Å². The molecule has 2 rings (SSSR count). The quantitative estimate of drug-likeness (QED) is 0.880. The van der Waals surface area contributed by atoms with Crippen LogP contribution in [-0.2, 0) is 16.0 Å². The molecule has 1 aromatic carbocycles. The van der Waals surface area contributed by atoms with E-state index in [1.807, 2.05) is 5.32 Å². The number of halogens is 3. The van der Waals surface area contributed by atoms with E-state index < -0.39 is 24.2 Å². The molecule has 1 aliphatic heterocycles. The van der Waals surface area contributed by atoms with Crippen LogP contribution in [-0.4, -0.2) is 43.9 Å². The van der Waals surface area contributed by atoms with Crippen LogP contribution >= 0.6 is 0 Å². The van der Waals surface area contributed by atoms with Crippen LogP contribution < -0.4 is 10.6 Å². The van der Waals surface area contributed by atoms with Crippen LogP contribution in [0.3, 0.4) is 0 Å². The topological polar surface area (TPSA) is 50.4 Å². The molecule has 0 spiro atoms. The third-order valence-corrected chi connectivity index (χ3v) is 3.21. The van der Waals surface area contributed by atoms with Gasteiger partial charge in [0.1, 0.15) is 12.1 Å². The van der Waals surface area contributed by atoms with E-state index in [1.54, 1.807) is 30.3 Å². The average molecular weight is 302 g/mol. The zero-order chi connectivity index (χ0) is 15.3. The summed E-state index contributed by atoms with van der Waals surface area (Å²) < 4.78 is 44.3. The number of carbonyl (C=O) groups is 1. The van der Waals surface area contributed by atoms with Crippen molar-refractivity contribution in [2.75, 3.05) is 19.7 Å². The highest BCUT2D eigenvalue weighted by molar-refractivity contribution is 5.81. The van der Waals surface area contributed by atoms with Gasteiger partial charge in [-0.05, 0) is 5.56 Å². The Morgan fingerprint density at radius 1 is 1.38 bits per heavy atom. The molecule has 0 radical (unpaired) electrons. The predicted octanol–water partition coefficient (Wildman–Crippen LogP) is 1.26. The first-order valence-corrected chi connectivity index (χ1v) is 6.70. The van der Waals surface area contributed by atoms with E-state index in [1.165, 1.54) is 0 Å². The van der Waals surface area contributed by atoms with Gasteiger partial charge in [-0.15, -0.1) is 0 Å². The van der Waals surface area contributed by atoms with Crippen molar-refractivity contribution >= 4 is 5.91 Å². The van der Waals surface area contributed by atoms with E-state index in [-0.39, 0.29) is 13.0 Å². The van der Waals surface area contributed by atoms with Gasteiger partial charge in [-0.2, -0.15) is 13.2 Å². The minimum atomic E-state index is -4.51. The number of hydrogen-bond donors (Lipinski definition) is 2. The number of rotatable bonds is 4. The molecule has 7 heteroatoms. The predicted molar refractivity (Wildman–Crippen MR) is 70.7 cm³/mol. The smallest absolute Gasteiger partial charge is 0.366 e. The van der Waals surface area contributed by atoms with E-state index in [9.17, 15) is 18.0 Å². The fraction of sp³-hybridized carbons (Fsp3) is 0.500. The summed E-state index contributed by atoms with van der Waals surface area (Å²) in [6, 6.07) is 6.34. The molecule has 1 fully saturated rings. The molecular weight excluding hydrogens is 285 g/mol. The molecule has 1 saturated heterocycles. The van der Waals surface area contributed by atoms with Crippen molar-refractivity contribution in [1.82, 2.24) is 10.6 Å². The van der Waals surface area contributed by atoms with E-state index >= 15 is 0 Å². The SMILES string of the molecule is O=C(NC(Cc1ccccc1)C(F)(F)F)C1CNCCO1. The first-order valence-electron chi connectivity index (χ1n) is 6.70. The van der Waals surface area contributed by atoms with Gasteiger partial charge in [0.15, 0.2) is 0 Å². The summed E-state index contributed by atoms with van der Waals surface area (Å²) in [4.78, 5) is 11.9. The van der Waals surface area contributed by atoms with Crippen LogP contribution in [0.15, 0.2) is 30.3 Å². The lowest BCUT2D eigenvalue weighted by Crippen LogP contribution is -2.54. The fourth-order valence-electron chi connectivity index (χ4n) is 2.10. The molecule has 21 heavy (non-hydrogen) atoms. The molecule has 1 heterocycles. The highest BCUT2D eigenvalue weighted by Crippen LogP contribution is 2.23. The number of alkyl halides is 3. The number of amides is 1. The monoisotopic (exact) mass is 302 g/mol. The summed E-state index contributed by atoms with van der Waals surface area (Å²) in [7, 11) is 0. The minimum Gasteiger partial charge on any atom is -0.366 e. The van der Waals surface area contributed by atoms with Crippen molar-refractivity contribution in [2.24, 2.45) is 0 Å². The Bertz CT molecular complexity index is 459. The third-order valence-electron chi connectivity index (χ3n) is 3.21. The van der Waals surface area contributed by atoms with E-state index in [0.717, 1.165) is 0 Å². The highest BCUT2D eigenvalue weighted by atomic mass is 19.4. The second-order valence-electron chi connectivity index (χ2n) is 4.86. The molecule has 1 amide bonds. The first kappa shape index (κ1) is 15.8. The summed E-state index contributed by atoms with van der Waals surface area (Å²) in [5, 5.41) is 4.96. The van der Waals surface area contributed by atoms with Crippen molar-refractivity contribution < 1.29 is 22.7 Å². The first-order chi connectivity index (χ1) is 9.97. The van der Waals surface area contributed by atoms with Crippen molar-refractivity contribution in [3.8, 4) is 0 Å². The van der Waals surface area contributed by atoms with Crippen LogP contribution in [0.2, 0.25) is 0 Å². The Hall–Kier alpha value is -1.60. The number of nitrogens with one attached hydrogen (secondary N) is 2. The van der Waals surface area contributed by atoms with Gasteiger partial charge in [0, 0.05) is 19.5 Å². The Labute approximate surface area is 120 Å². The molecule has 4 nitrogen and oxygen atoms in total. The maximum absolute atomic E-state index is 13.1. The lowest BCUT2D eigenvalue weighted by atomic mass is 10.1. The molecule has 116 valence electrons. The zero-order valence-electron chi connectivity index (χ0n) is 11.3. The van der Waals surface area contributed by atoms with Crippen LogP contribution in [0.5, 0.6) is 0 Å². The minimum absolute atomic E-state index is 0.224. The lowest BCUT2D eigenvalue weighted by Gasteiger charge is -2.27. The summed E-state index contributed by atoms with van der Waals surface area (Å²) in [6.45, 7) is 1.13. The molecule has 0 aromatic heterocycles. The van der Waals surface area contributed by atoms with Crippen LogP contribution in [0.1, 0.15) is 5.56 Å². The number of carbonyl (C=O) groups excluding carboxylic acids is 1. The van der Waals surface area contributed by atoms with Gasteiger partial charge < -0.3 is 15.4 Å². The average Bonchev–Trinajstić information content (AvgIpc) is 2.47. The number of morpholine rings is 1. The van der Waals surface area contributed by atoms with Gasteiger partial charge in [-0.25, -0.2) is 0 Å². The summed E-state index contributed by atoms with van der Waals surface area (Å²) in [5.41, 5.74) is 0.516. The number of benzene rings is 1. The van der Waals surface area contributed by atoms with Crippen LogP contribution in [0, 0.1) is 0 Å². The van der Waals surface area contributed by atoms with Gasteiger partial charge in [-0.1, -0.05) is 30.3 Å². The number of ether oxygens (including phenoxy) is 1. The summed E-state index contributed by atoms with van der Waals surface area (Å²) >= 11 is 0. The molecule has 0 saturated carbocycles. The maximum Gasteiger partial charge on any atom is 0.408 e. The second-order valence-corrected chi connectivity index (χ2v) is 4.86. The van der Waals surface area contributed by atoms with Crippen LogP contribution in [0.25, 0.3) is 0 Å². The fourth-order valence-corrected chi connectivity index (χ4v) is 2.10. The second kappa shape index (κ2) is 6.91. The lowest BCUT2D eigenvalue weighted by molar-refractivity contribution is -0.165. The maximum atomic E-state index is 13.1. The molecule has 0 bridgehead atoms. The van der Waals surface area contributed by atoms with Gasteiger partial charge in [0.2, 0.25) is 0 Å². The standard InChI is InChI=1S/C14H17F3N2O2/c15-14(16,17)12(8-10-4-2-1-3-5-10)19-13(20)11-9-18-6-7-21-11/h1-5,11-12,18H,6-9H2,(H,19,20). The molecule has 0 aliphatic carbocycles. The van der Waals surface area contributed by atoms with Crippen molar-refractivity contribution in [2.45, 2.75) is 24.7 Å². The normalized spacial score (nSPS) is 20.8. The summed E-state index contributed by atoms with van der Waals surface area (Å²) in [6.07, 6.45) is -5.68. The molecule has 2 unspecified atom stereocenters. The van der Waals surface area contributed by atoms with E-state index in [2.05, 4.69) is 5.32 Å². The Balaban J connectivity index is 2.01. The van der Waals surface area contributed by atoms with Gasteiger partial charge in [0.25, 0.3) is 5.91 Å². The van der Waals surface area contributed by atoms with E-state index in [4.69, 9.17) is 4.74 Å². The van der Waals surface area contributed by atoms with E-state index in [0.29, 0.717) is 18.7 Å². The zero-order valence-corrected chi connectivity index (χ0v) is 11.3. The third kappa shape index (κ3) is 4.71. The van der Waals surface area contributed by atoms with Crippen LogP contribution in [0.4, 0.5) is 13.2 Å². The van der Waals surface area contributed by atoms with Gasteiger partial charge >= 0.3 is 6.18 Å². The largest absolute Gasteiger partial charge is 0.408 e. The Kier molecular flexibility index (Phi) is 5.19. The van der Waals surface area contributed by atoms with Gasteiger partial charge in [0.05, 0.1) is 6.61 Å². The highest BCUT2D eigenvalue weighted by Gasteiger charge is 2.41. The molecule has 2 atom stereocenters. The Morgan fingerprint density at radius 3 is 2.67 bits per heavy atom. The summed E-state index contributed by atoms with van der Waals surface area (Å²) in [5.74, 6) is -0.736. The molecule has 1 aliphatic rings. The molecular formula is C14H17F3N2O2. The van der Waals surface area contributed by atoms with Gasteiger partial charge in [-0.3, -0.25) is 4.79 Å². The molecule has 1 aromatic rings. The van der Waals surface area contributed by atoms with Crippen molar-refractivity contribution in [3.05, 3.63) is 35.9 Å². The molecule has 2 N–H and O–H groups in total. The Morgan fingerprint density at radius 2 is 2.10 bits per heavy atom. The van der Waals surface area contributed by atoms with Crippen molar-refractivity contribution in [3.63, 3.8) is 0 Å². The number of hydrogen-bond acceptors (Lipinski definition) is 3.